The summed E-state index contributed by atoms with van der Waals surface area (Å²) in [5.74, 6) is 1.49. The van der Waals surface area contributed by atoms with E-state index in [1.54, 1.807) is 0 Å². The Kier molecular flexibility index (Phi) is 4.65. The van der Waals surface area contributed by atoms with Crippen molar-refractivity contribution in [1.82, 2.24) is 14.9 Å². The third-order valence-corrected chi connectivity index (χ3v) is 6.28. The number of rotatable bonds is 5. The Balaban J connectivity index is 2.06. The molecule has 1 fully saturated rings. The quantitative estimate of drug-likeness (QED) is 0.800. The molecular formula is C19H27N3OS. The highest BCUT2D eigenvalue weighted by atomic mass is 32.1. The minimum Gasteiger partial charge on any atom is -0.332 e. The van der Waals surface area contributed by atoms with E-state index in [9.17, 15) is 4.79 Å². The molecule has 0 aromatic carbocycles. The Bertz CT molecular complexity index is 777. The van der Waals surface area contributed by atoms with Gasteiger partial charge in [-0.2, -0.15) is 0 Å². The molecule has 1 atom stereocenters. The highest BCUT2D eigenvalue weighted by Crippen LogP contribution is 2.37. The molecule has 0 saturated heterocycles. The van der Waals surface area contributed by atoms with E-state index in [1.807, 2.05) is 13.8 Å². The molecule has 3 rings (SSSR count). The Morgan fingerprint density at radius 3 is 2.46 bits per heavy atom. The highest BCUT2D eigenvalue weighted by molar-refractivity contribution is 7.20. The Morgan fingerprint density at radius 2 is 1.92 bits per heavy atom. The molecule has 24 heavy (non-hydrogen) atoms. The molecule has 0 aliphatic heterocycles. The fourth-order valence-corrected chi connectivity index (χ4v) is 4.43. The van der Waals surface area contributed by atoms with Crippen LogP contribution in [0.1, 0.15) is 67.3 Å². The fraction of sp³-hybridized carbons (Fsp3) is 0.632. The maximum absolute atomic E-state index is 13.3. The molecule has 1 aliphatic carbocycles. The summed E-state index contributed by atoms with van der Waals surface area (Å²) in [5, 5.41) is 1.06. The summed E-state index contributed by atoms with van der Waals surface area (Å²) in [6.45, 7) is 12.7. The van der Waals surface area contributed by atoms with E-state index in [0.717, 1.165) is 51.4 Å². The van der Waals surface area contributed by atoms with Gasteiger partial charge in [-0.15, -0.1) is 11.3 Å². The van der Waals surface area contributed by atoms with Crippen LogP contribution in [-0.2, 0) is 6.42 Å². The van der Waals surface area contributed by atoms with Gasteiger partial charge >= 0.3 is 0 Å². The first kappa shape index (κ1) is 17.3. The summed E-state index contributed by atoms with van der Waals surface area (Å²) in [4.78, 5) is 26.5. The lowest BCUT2D eigenvalue weighted by molar-refractivity contribution is 0.0632. The number of carbonyl (C=O) groups excluding carboxylic acids is 1. The van der Waals surface area contributed by atoms with Crippen molar-refractivity contribution in [3.05, 3.63) is 22.0 Å². The fourth-order valence-electron chi connectivity index (χ4n) is 3.23. The molecule has 0 unspecified atom stereocenters. The van der Waals surface area contributed by atoms with E-state index in [2.05, 4.69) is 42.6 Å². The first-order chi connectivity index (χ1) is 11.3. The summed E-state index contributed by atoms with van der Waals surface area (Å²) in [5.41, 5.74) is 2.03. The molecule has 5 heteroatoms. The molecule has 1 aliphatic rings. The van der Waals surface area contributed by atoms with Gasteiger partial charge in [-0.3, -0.25) is 4.79 Å². The third kappa shape index (κ3) is 2.94. The number of hydrogen-bond donors (Lipinski definition) is 0. The molecule has 0 radical (unpaired) electrons. The summed E-state index contributed by atoms with van der Waals surface area (Å²) in [6, 6.07) is 0.672. The molecule has 2 heterocycles. The molecule has 4 nitrogen and oxygen atoms in total. The smallest absolute Gasteiger partial charge is 0.264 e. The molecule has 1 saturated carbocycles. The van der Waals surface area contributed by atoms with Gasteiger partial charge in [0.15, 0.2) is 0 Å². The summed E-state index contributed by atoms with van der Waals surface area (Å²) < 4.78 is 0. The second kappa shape index (κ2) is 6.43. The number of carbonyl (C=O) groups is 1. The Labute approximate surface area is 148 Å². The van der Waals surface area contributed by atoms with Crippen LogP contribution in [0.15, 0.2) is 0 Å². The number of aryl methyl sites for hydroxylation is 3. The number of nitrogens with zero attached hydrogens (tertiary/aromatic N) is 3. The van der Waals surface area contributed by atoms with Crippen molar-refractivity contribution in [2.75, 3.05) is 0 Å². The lowest BCUT2D eigenvalue weighted by atomic mass is 10.0. The summed E-state index contributed by atoms with van der Waals surface area (Å²) in [6.07, 6.45) is 3.08. The van der Waals surface area contributed by atoms with Crippen molar-refractivity contribution in [3.63, 3.8) is 0 Å². The summed E-state index contributed by atoms with van der Waals surface area (Å²) >= 11 is 1.54. The number of thiophene rings is 1. The van der Waals surface area contributed by atoms with Crippen molar-refractivity contribution in [1.29, 1.82) is 0 Å². The van der Waals surface area contributed by atoms with Crippen LogP contribution < -0.4 is 0 Å². The van der Waals surface area contributed by atoms with Crippen molar-refractivity contribution >= 4 is 27.5 Å². The minimum absolute atomic E-state index is 0.177. The normalized spacial score (nSPS) is 16.0. The Morgan fingerprint density at radius 1 is 1.25 bits per heavy atom. The largest absolute Gasteiger partial charge is 0.332 e. The average molecular weight is 346 g/mol. The first-order valence-corrected chi connectivity index (χ1v) is 9.76. The number of hydrogen-bond acceptors (Lipinski definition) is 4. The topological polar surface area (TPSA) is 46.1 Å². The van der Waals surface area contributed by atoms with E-state index in [0.29, 0.717) is 12.0 Å². The number of aromatic nitrogens is 2. The van der Waals surface area contributed by atoms with Gasteiger partial charge in [0.05, 0.1) is 4.88 Å². The minimum atomic E-state index is 0.177. The van der Waals surface area contributed by atoms with Crippen LogP contribution >= 0.6 is 11.3 Å². The maximum Gasteiger partial charge on any atom is 0.264 e. The molecular weight excluding hydrogens is 318 g/mol. The van der Waals surface area contributed by atoms with E-state index < -0.39 is 0 Å². The van der Waals surface area contributed by atoms with Gasteiger partial charge in [0.25, 0.3) is 5.91 Å². The molecule has 0 bridgehead atoms. The molecule has 2 aromatic heterocycles. The van der Waals surface area contributed by atoms with Gasteiger partial charge in [0.2, 0.25) is 0 Å². The highest BCUT2D eigenvalue weighted by Gasteiger charge is 2.38. The van der Waals surface area contributed by atoms with Crippen LogP contribution in [-0.4, -0.2) is 32.9 Å². The van der Waals surface area contributed by atoms with Gasteiger partial charge < -0.3 is 4.90 Å². The number of fused-ring (bicyclic) bond motifs is 1. The molecule has 2 aromatic rings. The maximum atomic E-state index is 13.3. The van der Waals surface area contributed by atoms with Crippen LogP contribution in [0, 0.1) is 19.8 Å². The van der Waals surface area contributed by atoms with Crippen LogP contribution in [0.3, 0.4) is 0 Å². The lowest BCUT2D eigenvalue weighted by Gasteiger charge is -2.32. The predicted octanol–water partition coefficient (Wildman–Crippen LogP) is 4.52. The SMILES string of the molecule is CCc1nc(C)c2c(C)c(C(=O)N(C3CC3)[C@H](C)C(C)C)sc2n1. The van der Waals surface area contributed by atoms with Gasteiger partial charge in [-0.25, -0.2) is 9.97 Å². The lowest BCUT2D eigenvalue weighted by Crippen LogP contribution is -2.43. The predicted molar refractivity (Wildman–Crippen MR) is 99.8 cm³/mol. The van der Waals surface area contributed by atoms with Crippen molar-refractivity contribution in [2.45, 2.75) is 72.9 Å². The molecule has 0 spiro atoms. The zero-order chi connectivity index (χ0) is 17.6. The van der Waals surface area contributed by atoms with Gasteiger partial charge in [0, 0.05) is 29.6 Å². The van der Waals surface area contributed by atoms with Gasteiger partial charge in [-0.05, 0) is 45.1 Å². The standard InChI is InChI=1S/C19H27N3OS/c1-7-15-20-12(5)16-11(4)17(24-18(16)21-15)19(23)22(14-8-9-14)13(6)10(2)3/h10,13-14H,7-9H2,1-6H3/t13-/m1/s1. The molecule has 1 amide bonds. The van der Waals surface area contributed by atoms with Crippen LogP contribution in [0.5, 0.6) is 0 Å². The Hall–Kier alpha value is -1.49. The van der Waals surface area contributed by atoms with Crippen molar-refractivity contribution < 1.29 is 4.79 Å². The van der Waals surface area contributed by atoms with E-state index in [4.69, 9.17) is 0 Å². The monoisotopic (exact) mass is 345 g/mol. The zero-order valence-electron chi connectivity index (χ0n) is 15.5. The van der Waals surface area contributed by atoms with Crippen LogP contribution in [0.25, 0.3) is 10.2 Å². The molecule has 130 valence electrons. The van der Waals surface area contributed by atoms with Gasteiger partial charge in [-0.1, -0.05) is 20.8 Å². The second-order valence-electron chi connectivity index (χ2n) is 7.24. The summed E-state index contributed by atoms with van der Waals surface area (Å²) in [7, 11) is 0. The van der Waals surface area contributed by atoms with Crippen molar-refractivity contribution in [3.8, 4) is 0 Å². The third-order valence-electron chi connectivity index (χ3n) is 5.11. The first-order valence-electron chi connectivity index (χ1n) is 8.94. The zero-order valence-corrected chi connectivity index (χ0v) is 16.3. The van der Waals surface area contributed by atoms with E-state index in [1.165, 1.54) is 11.3 Å². The van der Waals surface area contributed by atoms with E-state index in [-0.39, 0.29) is 11.9 Å². The van der Waals surface area contributed by atoms with E-state index >= 15 is 0 Å². The van der Waals surface area contributed by atoms with Crippen LogP contribution in [0.4, 0.5) is 0 Å². The van der Waals surface area contributed by atoms with Crippen LogP contribution in [0.2, 0.25) is 0 Å². The number of amides is 1. The molecule has 0 N–H and O–H groups in total. The van der Waals surface area contributed by atoms with Crippen molar-refractivity contribution in [2.24, 2.45) is 5.92 Å². The average Bonchev–Trinajstić information content (AvgIpc) is 3.30. The van der Waals surface area contributed by atoms with Gasteiger partial charge in [0.1, 0.15) is 10.7 Å². The second-order valence-corrected chi connectivity index (χ2v) is 8.24.